The Labute approximate surface area is 264 Å². The molecule has 4 rings (SSSR count). The molecule has 0 heterocycles. The average Bonchev–Trinajstić information content (AvgIpc) is 3.02. The van der Waals surface area contributed by atoms with E-state index in [-0.39, 0.29) is 30.1 Å². The molecular formula is C35H38FN3O5S. The van der Waals surface area contributed by atoms with Gasteiger partial charge in [0.15, 0.2) is 0 Å². The monoisotopic (exact) mass is 631 g/mol. The molecule has 8 nitrogen and oxygen atoms in total. The van der Waals surface area contributed by atoms with Gasteiger partial charge in [-0.2, -0.15) is 0 Å². The van der Waals surface area contributed by atoms with Crippen LogP contribution in [0.2, 0.25) is 0 Å². The molecule has 0 bridgehead atoms. The molecule has 4 aromatic carbocycles. The van der Waals surface area contributed by atoms with Crippen LogP contribution in [-0.2, 0) is 32.6 Å². The molecule has 45 heavy (non-hydrogen) atoms. The molecule has 10 heteroatoms. The van der Waals surface area contributed by atoms with Crippen molar-refractivity contribution >= 4 is 27.5 Å². The van der Waals surface area contributed by atoms with Gasteiger partial charge in [0.2, 0.25) is 21.8 Å². The van der Waals surface area contributed by atoms with E-state index in [4.69, 9.17) is 4.74 Å². The van der Waals surface area contributed by atoms with Crippen molar-refractivity contribution < 1.29 is 27.1 Å². The zero-order valence-corrected chi connectivity index (χ0v) is 26.4. The Kier molecular flexibility index (Phi) is 11.3. The first kappa shape index (κ1) is 33.2. The Morgan fingerprint density at radius 1 is 0.822 bits per heavy atom. The molecule has 0 radical (unpaired) electrons. The van der Waals surface area contributed by atoms with Gasteiger partial charge in [0.05, 0.1) is 11.9 Å². The third kappa shape index (κ3) is 9.64. The summed E-state index contributed by atoms with van der Waals surface area (Å²) >= 11 is 0. The second kappa shape index (κ2) is 15.3. The lowest BCUT2D eigenvalue weighted by Crippen LogP contribution is -2.53. The first-order chi connectivity index (χ1) is 21.5. The van der Waals surface area contributed by atoms with Crippen LogP contribution in [0.25, 0.3) is 0 Å². The van der Waals surface area contributed by atoms with E-state index in [2.05, 4.69) is 5.32 Å². The summed E-state index contributed by atoms with van der Waals surface area (Å²) in [6.07, 6.45) is 1.15. The number of para-hydroxylation sites is 1. The van der Waals surface area contributed by atoms with Crippen LogP contribution in [0.1, 0.15) is 25.0 Å². The van der Waals surface area contributed by atoms with Crippen molar-refractivity contribution in [1.29, 1.82) is 0 Å². The number of nitrogens with one attached hydrogen (secondary N) is 1. The van der Waals surface area contributed by atoms with Gasteiger partial charge in [-0.25, -0.2) is 12.8 Å². The van der Waals surface area contributed by atoms with Crippen molar-refractivity contribution in [3.05, 3.63) is 126 Å². The highest BCUT2D eigenvalue weighted by Gasteiger charge is 2.33. The number of carbonyl (C=O) groups excluding carboxylic acids is 2. The smallest absolute Gasteiger partial charge is 0.244 e. The van der Waals surface area contributed by atoms with E-state index in [9.17, 15) is 22.4 Å². The van der Waals surface area contributed by atoms with E-state index in [0.29, 0.717) is 18.0 Å². The number of ether oxygens (including phenoxy) is 1. The van der Waals surface area contributed by atoms with Crippen molar-refractivity contribution in [2.45, 2.75) is 32.9 Å². The molecule has 0 saturated carbocycles. The lowest BCUT2D eigenvalue weighted by molar-refractivity contribution is -0.140. The van der Waals surface area contributed by atoms with Crippen molar-refractivity contribution in [2.24, 2.45) is 5.92 Å². The Morgan fingerprint density at radius 3 is 2.00 bits per heavy atom. The molecule has 0 fully saturated rings. The number of nitrogens with zero attached hydrogens (tertiary/aromatic N) is 2. The summed E-state index contributed by atoms with van der Waals surface area (Å²) in [6.45, 7) is 3.44. The number of amides is 2. The lowest BCUT2D eigenvalue weighted by atomic mass is 10.0. The van der Waals surface area contributed by atoms with Gasteiger partial charge in [-0.1, -0.05) is 80.6 Å². The maximum Gasteiger partial charge on any atom is 0.244 e. The van der Waals surface area contributed by atoms with Gasteiger partial charge in [0.1, 0.15) is 29.9 Å². The fourth-order valence-electron chi connectivity index (χ4n) is 4.71. The molecule has 1 N–H and O–H groups in total. The van der Waals surface area contributed by atoms with E-state index < -0.39 is 40.2 Å². The number of anilines is 1. The summed E-state index contributed by atoms with van der Waals surface area (Å²) < 4.78 is 47.8. The molecule has 0 aliphatic heterocycles. The normalized spacial score (nSPS) is 11.9. The molecule has 236 valence electrons. The van der Waals surface area contributed by atoms with Crippen molar-refractivity contribution in [1.82, 2.24) is 10.2 Å². The Hall–Kier alpha value is -4.70. The number of carbonyl (C=O) groups is 2. The Balaban J connectivity index is 1.68. The van der Waals surface area contributed by atoms with Crippen LogP contribution in [0.5, 0.6) is 11.5 Å². The molecule has 0 saturated heterocycles. The van der Waals surface area contributed by atoms with Crippen LogP contribution < -0.4 is 14.4 Å². The summed E-state index contributed by atoms with van der Waals surface area (Å²) in [7, 11) is -3.96. The maximum absolute atomic E-state index is 14.9. The SMILES string of the molecule is CC(C)CNC(=O)[C@@H](Cc1ccccc1)N(Cc1ccccc1F)C(=O)CN(c1ccc(Oc2ccccc2)cc1)S(C)(=O)=O. The zero-order valence-electron chi connectivity index (χ0n) is 25.6. The van der Waals surface area contributed by atoms with Crippen LogP contribution in [0.4, 0.5) is 10.1 Å². The summed E-state index contributed by atoms with van der Waals surface area (Å²) in [5.74, 6) is -0.360. The van der Waals surface area contributed by atoms with E-state index >= 15 is 0 Å². The van der Waals surface area contributed by atoms with Gasteiger partial charge in [0, 0.05) is 25.1 Å². The summed E-state index contributed by atoms with van der Waals surface area (Å²) in [5.41, 5.74) is 1.23. The first-order valence-electron chi connectivity index (χ1n) is 14.7. The summed E-state index contributed by atoms with van der Waals surface area (Å²) in [6, 6.07) is 29.6. The quantitative estimate of drug-likeness (QED) is 0.190. The predicted octanol–water partition coefficient (Wildman–Crippen LogP) is 5.80. The lowest BCUT2D eigenvalue weighted by Gasteiger charge is -2.33. The van der Waals surface area contributed by atoms with E-state index in [0.717, 1.165) is 16.1 Å². The second-order valence-corrected chi connectivity index (χ2v) is 13.0. The average molecular weight is 632 g/mol. The van der Waals surface area contributed by atoms with Crippen LogP contribution in [0, 0.1) is 11.7 Å². The van der Waals surface area contributed by atoms with Gasteiger partial charge < -0.3 is 15.0 Å². The number of halogens is 1. The molecule has 0 unspecified atom stereocenters. The van der Waals surface area contributed by atoms with Crippen LogP contribution in [-0.4, -0.2) is 50.5 Å². The van der Waals surface area contributed by atoms with Crippen LogP contribution in [0.3, 0.4) is 0 Å². The molecule has 4 aromatic rings. The van der Waals surface area contributed by atoms with E-state index in [1.165, 1.54) is 11.0 Å². The first-order valence-corrected chi connectivity index (χ1v) is 16.5. The Bertz CT molecular complexity index is 1670. The summed E-state index contributed by atoms with van der Waals surface area (Å²) in [4.78, 5) is 29.1. The topological polar surface area (TPSA) is 96.0 Å². The molecule has 0 aromatic heterocycles. The third-order valence-electron chi connectivity index (χ3n) is 7.04. The van der Waals surface area contributed by atoms with Gasteiger partial charge in [-0.3, -0.25) is 13.9 Å². The van der Waals surface area contributed by atoms with E-state index in [1.807, 2.05) is 62.4 Å². The third-order valence-corrected chi connectivity index (χ3v) is 8.18. The van der Waals surface area contributed by atoms with E-state index in [1.54, 1.807) is 54.6 Å². The molecule has 2 amide bonds. The minimum Gasteiger partial charge on any atom is -0.457 e. The number of hydrogen-bond donors (Lipinski definition) is 1. The van der Waals surface area contributed by atoms with Crippen LogP contribution in [0.15, 0.2) is 109 Å². The molecule has 0 aliphatic rings. The standard InChI is InChI=1S/C35H38FN3O5S/c1-26(2)23-37-35(41)33(22-27-12-6-4-7-13-27)38(24-28-14-10-11-17-32(28)36)34(40)25-39(45(3,42)43)29-18-20-31(21-19-29)44-30-15-8-5-9-16-30/h4-21,26,33H,22-25H2,1-3H3,(H,37,41)/t33-/m1/s1. The fraction of sp³-hybridized carbons (Fsp3) is 0.257. The van der Waals surface area contributed by atoms with Gasteiger partial charge in [-0.15, -0.1) is 0 Å². The predicted molar refractivity (Wildman–Crippen MR) is 174 cm³/mol. The number of rotatable bonds is 14. The molecule has 0 aliphatic carbocycles. The number of hydrogen-bond acceptors (Lipinski definition) is 5. The highest BCUT2D eigenvalue weighted by molar-refractivity contribution is 7.92. The Morgan fingerprint density at radius 2 is 1.40 bits per heavy atom. The molecule has 1 atom stereocenters. The van der Waals surface area contributed by atoms with Gasteiger partial charge in [0.25, 0.3) is 0 Å². The van der Waals surface area contributed by atoms with Gasteiger partial charge >= 0.3 is 0 Å². The van der Waals surface area contributed by atoms with Crippen molar-refractivity contribution in [3.63, 3.8) is 0 Å². The minimum atomic E-state index is -3.96. The minimum absolute atomic E-state index is 0.148. The zero-order chi connectivity index (χ0) is 32.4. The van der Waals surface area contributed by atoms with Crippen molar-refractivity contribution in [2.75, 3.05) is 23.7 Å². The van der Waals surface area contributed by atoms with Gasteiger partial charge in [-0.05, 0) is 53.9 Å². The summed E-state index contributed by atoms with van der Waals surface area (Å²) in [5, 5.41) is 2.91. The highest BCUT2D eigenvalue weighted by Crippen LogP contribution is 2.26. The molecular weight excluding hydrogens is 593 g/mol. The number of sulfonamides is 1. The van der Waals surface area contributed by atoms with Crippen LogP contribution >= 0.6 is 0 Å². The highest BCUT2D eigenvalue weighted by atomic mass is 32.2. The maximum atomic E-state index is 14.9. The number of benzene rings is 4. The fourth-order valence-corrected chi connectivity index (χ4v) is 5.56. The molecule has 0 spiro atoms. The second-order valence-electron chi connectivity index (χ2n) is 11.1. The van der Waals surface area contributed by atoms with Crippen molar-refractivity contribution in [3.8, 4) is 11.5 Å². The largest absolute Gasteiger partial charge is 0.457 e.